The molecule has 0 bridgehead atoms. The van der Waals surface area contributed by atoms with Gasteiger partial charge in [0.25, 0.3) is 0 Å². The van der Waals surface area contributed by atoms with Crippen molar-refractivity contribution in [1.29, 1.82) is 0 Å². The largest absolute Gasteiger partial charge is 0.457 e. The van der Waals surface area contributed by atoms with Crippen LogP contribution in [-0.2, 0) is 10.8 Å². The van der Waals surface area contributed by atoms with Crippen molar-refractivity contribution in [3.63, 3.8) is 0 Å². The van der Waals surface area contributed by atoms with Crippen LogP contribution in [0.5, 0.6) is 11.5 Å². The molecule has 1 spiro atoms. The molecule has 0 N–H and O–H groups in total. The van der Waals surface area contributed by atoms with Gasteiger partial charge >= 0.3 is 0 Å². The Morgan fingerprint density at radius 3 is 1.86 bits per heavy atom. The number of hydrogen-bond acceptors (Lipinski definition) is 4. The van der Waals surface area contributed by atoms with Gasteiger partial charge in [-0.1, -0.05) is 141 Å². The van der Waals surface area contributed by atoms with Crippen LogP contribution in [-0.4, -0.2) is 9.97 Å². The zero-order valence-electron chi connectivity index (χ0n) is 31.9. The van der Waals surface area contributed by atoms with Gasteiger partial charge in [-0.3, -0.25) is 0 Å². The number of para-hydroxylation sites is 2. The summed E-state index contributed by atoms with van der Waals surface area (Å²) in [6.45, 7) is 4.65. The van der Waals surface area contributed by atoms with Gasteiger partial charge in [0.2, 0.25) is 0 Å². The molecule has 2 aliphatic carbocycles. The third-order valence-electron chi connectivity index (χ3n) is 13.1. The molecule has 58 heavy (non-hydrogen) atoms. The summed E-state index contributed by atoms with van der Waals surface area (Å²) in [6, 6.07) is 62.0. The first-order chi connectivity index (χ1) is 28.5. The molecule has 0 fully saturated rings. The third-order valence-corrected chi connectivity index (χ3v) is 14.3. The van der Waals surface area contributed by atoms with E-state index in [-0.39, 0.29) is 5.41 Å². The second-order valence-corrected chi connectivity index (χ2v) is 17.5. The van der Waals surface area contributed by atoms with E-state index in [1.54, 1.807) is 11.3 Å². The number of fused-ring (bicyclic) bond motifs is 16. The molecule has 0 amide bonds. The van der Waals surface area contributed by atoms with Crippen LogP contribution in [0.1, 0.15) is 47.2 Å². The number of hydrogen-bond donors (Lipinski definition) is 0. The van der Waals surface area contributed by atoms with Crippen molar-refractivity contribution in [2.24, 2.45) is 0 Å². The van der Waals surface area contributed by atoms with Crippen LogP contribution in [0.2, 0.25) is 0 Å². The molecule has 3 heterocycles. The van der Waals surface area contributed by atoms with Crippen molar-refractivity contribution < 1.29 is 4.74 Å². The van der Waals surface area contributed by atoms with Gasteiger partial charge in [-0.15, -0.1) is 11.3 Å². The molecule has 4 heteroatoms. The van der Waals surface area contributed by atoms with Crippen molar-refractivity contribution in [3.05, 3.63) is 203 Å². The molecular formula is C54H34N2OS. The van der Waals surface area contributed by atoms with Crippen LogP contribution < -0.4 is 4.74 Å². The number of ether oxygens (including phenoxy) is 1. The molecule has 0 atom stereocenters. The van der Waals surface area contributed by atoms with Gasteiger partial charge in [0.05, 0.1) is 21.3 Å². The Morgan fingerprint density at radius 2 is 1.05 bits per heavy atom. The van der Waals surface area contributed by atoms with E-state index in [1.807, 2.05) is 0 Å². The molecule has 1 aliphatic heterocycles. The first-order valence-corrected chi connectivity index (χ1v) is 20.8. The standard InChI is InChI=1S/C54H34N2OS/c1-53(2)40-17-7-5-15-35(40)37-29-34(24-25-41(37)53)52-55-49(51-50(56-52)36-16-6-12-22-48(36)58-51)33-23-26-42-38(28-33)39-27-31-13-3-4-14-32(31)30-45(39)54(42)43-18-8-10-20-46(43)57-47-21-11-9-19-44(47)54/h3-30H,1-2H3. The van der Waals surface area contributed by atoms with E-state index in [4.69, 9.17) is 14.7 Å². The van der Waals surface area contributed by atoms with Crippen LogP contribution in [0.4, 0.5) is 0 Å². The Morgan fingerprint density at radius 1 is 0.466 bits per heavy atom. The van der Waals surface area contributed by atoms with Crippen molar-refractivity contribution >= 4 is 42.4 Å². The fourth-order valence-electron chi connectivity index (χ4n) is 10.5. The lowest BCUT2D eigenvalue weighted by molar-refractivity contribution is 0.436. The van der Waals surface area contributed by atoms with E-state index in [9.17, 15) is 0 Å². The minimum atomic E-state index is -0.559. The maximum absolute atomic E-state index is 6.65. The zero-order chi connectivity index (χ0) is 38.3. The first kappa shape index (κ1) is 32.2. The normalized spacial score (nSPS) is 14.8. The van der Waals surface area contributed by atoms with Gasteiger partial charge in [-0.25, -0.2) is 9.97 Å². The van der Waals surface area contributed by atoms with E-state index >= 15 is 0 Å². The van der Waals surface area contributed by atoms with Gasteiger partial charge in [-0.2, -0.15) is 0 Å². The molecule has 272 valence electrons. The highest BCUT2D eigenvalue weighted by atomic mass is 32.1. The summed E-state index contributed by atoms with van der Waals surface area (Å²) >= 11 is 1.78. The molecule has 3 nitrogen and oxygen atoms in total. The summed E-state index contributed by atoms with van der Waals surface area (Å²) in [6.07, 6.45) is 0. The molecule has 0 saturated heterocycles. The van der Waals surface area contributed by atoms with Crippen molar-refractivity contribution in [1.82, 2.24) is 9.97 Å². The topological polar surface area (TPSA) is 35.0 Å². The maximum atomic E-state index is 6.65. The minimum absolute atomic E-state index is 0.0706. The average molecular weight is 759 g/mol. The Bertz CT molecular complexity index is 3380. The van der Waals surface area contributed by atoms with Crippen molar-refractivity contribution in [2.45, 2.75) is 24.7 Å². The number of benzene rings is 8. The lowest BCUT2D eigenvalue weighted by Gasteiger charge is -2.39. The van der Waals surface area contributed by atoms with E-state index in [1.165, 1.54) is 60.0 Å². The van der Waals surface area contributed by atoms with Crippen molar-refractivity contribution in [3.8, 4) is 56.4 Å². The van der Waals surface area contributed by atoms with Crippen LogP contribution in [0.15, 0.2) is 170 Å². The number of rotatable bonds is 2. The average Bonchev–Trinajstić information content (AvgIpc) is 3.86. The summed E-state index contributed by atoms with van der Waals surface area (Å²) in [5.74, 6) is 2.53. The van der Waals surface area contributed by atoms with Crippen molar-refractivity contribution in [2.75, 3.05) is 0 Å². The van der Waals surface area contributed by atoms with Crippen LogP contribution in [0.25, 0.3) is 76.0 Å². The molecule has 0 saturated carbocycles. The highest BCUT2D eigenvalue weighted by Crippen LogP contribution is 2.63. The molecular weight excluding hydrogens is 725 g/mol. The number of nitrogens with zero attached hydrogens (tertiary/aromatic N) is 2. The van der Waals surface area contributed by atoms with E-state index in [0.717, 1.165) is 60.9 Å². The lowest BCUT2D eigenvalue weighted by Crippen LogP contribution is -2.32. The summed E-state index contributed by atoms with van der Waals surface area (Å²) in [7, 11) is 0. The fraction of sp³-hybridized carbons (Fsp3) is 0.0741. The van der Waals surface area contributed by atoms with Crippen LogP contribution in [0.3, 0.4) is 0 Å². The quantitative estimate of drug-likeness (QED) is 0.176. The molecule has 0 radical (unpaired) electrons. The third kappa shape index (κ3) is 4.12. The predicted molar refractivity (Wildman–Crippen MR) is 238 cm³/mol. The molecule has 0 unspecified atom stereocenters. The van der Waals surface area contributed by atoms with E-state index in [0.29, 0.717) is 0 Å². The van der Waals surface area contributed by atoms with Crippen LogP contribution in [0, 0.1) is 0 Å². The Balaban J connectivity index is 1.09. The monoisotopic (exact) mass is 758 g/mol. The highest BCUT2D eigenvalue weighted by molar-refractivity contribution is 7.26. The summed E-state index contributed by atoms with van der Waals surface area (Å²) < 4.78 is 8.96. The maximum Gasteiger partial charge on any atom is 0.160 e. The van der Waals surface area contributed by atoms with E-state index in [2.05, 4.69) is 184 Å². The van der Waals surface area contributed by atoms with Crippen LogP contribution >= 0.6 is 11.3 Å². The van der Waals surface area contributed by atoms with Gasteiger partial charge in [0, 0.05) is 37.8 Å². The Hall–Kier alpha value is -6.88. The molecule has 2 aromatic heterocycles. The fourth-order valence-corrected chi connectivity index (χ4v) is 11.7. The summed E-state index contributed by atoms with van der Waals surface area (Å²) in [5, 5.41) is 3.61. The Labute approximate surface area is 339 Å². The summed E-state index contributed by atoms with van der Waals surface area (Å²) in [5.41, 5.74) is 16.0. The SMILES string of the molecule is CC1(C)c2ccccc2-c2cc(-c3nc(-c4ccc5c(c4)-c4cc6ccccc6cc4C54c5ccccc5Oc5ccccc54)c4sc5ccccc5c4n3)ccc21. The second kappa shape index (κ2) is 11.4. The smallest absolute Gasteiger partial charge is 0.160 e. The minimum Gasteiger partial charge on any atom is -0.457 e. The second-order valence-electron chi connectivity index (χ2n) is 16.5. The number of aromatic nitrogens is 2. The molecule has 8 aromatic carbocycles. The summed E-state index contributed by atoms with van der Waals surface area (Å²) in [4.78, 5) is 10.9. The van der Waals surface area contributed by atoms with Gasteiger partial charge in [0.15, 0.2) is 5.82 Å². The first-order valence-electron chi connectivity index (χ1n) is 20.0. The van der Waals surface area contributed by atoms with Gasteiger partial charge < -0.3 is 4.74 Å². The molecule has 10 aromatic rings. The zero-order valence-corrected chi connectivity index (χ0v) is 32.7. The van der Waals surface area contributed by atoms with Gasteiger partial charge in [0.1, 0.15) is 11.5 Å². The lowest BCUT2D eigenvalue weighted by atomic mass is 9.66. The molecule has 13 rings (SSSR count). The van der Waals surface area contributed by atoms with E-state index < -0.39 is 5.41 Å². The number of thiophene rings is 1. The predicted octanol–water partition coefficient (Wildman–Crippen LogP) is 14.1. The Kier molecular flexibility index (Phi) is 6.32. The molecule has 3 aliphatic rings. The van der Waals surface area contributed by atoms with Gasteiger partial charge in [-0.05, 0) is 97.7 Å². The highest BCUT2D eigenvalue weighted by Gasteiger charge is 2.51.